The van der Waals surface area contributed by atoms with Crippen molar-refractivity contribution in [3.8, 4) is 5.75 Å². The standard InChI is InChI=1S/C23H25FN4O3/c24-19-8-10-20(11-9-19)30-14-12-21-26-22(31-27-21)18-7-4-13-28(16-18)23(29)25-15-17-5-2-1-3-6-17/h1-3,5-6,8-11,18H,4,7,12-16H2,(H,25,29). The number of aromatic nitrogens is 2. The van der Waals surface area contributed by atoms with Crippen LogP contribution in [0.4, 0.5) is 9.18 Å². The van der Waals surface area contributed by atoms with Gasteiger partial charge in [-0.1, -0.05) is 35.5 Å². The lowest BCUT2D eigenvalue weighted by Crippen LogP contribution is -2.44. The molecular weight excluding hydrogens is 399 g/mol. The normalized spacial score (nSPS) is 16.2. The van der Waals surface area contributed by atoms with Gasteiger partial charge in [-0.15, -0.1) is 0 Å². The summed E-state index contributed by atoms with van der Waals surface area (Å²) in [6.45, 7) is 2.13. The molecule has 1 fully saturated rings. The first kappa shape index (κ1) is 20.8. The summed E-state index contributed by atoms with van der Waals surface area (Å²) in [5.41, 5.74) is 1.06. The Kier molecular flexibility index (Phi) is 6.76. The molecule has 1 N–H and O–H groups in total. The zero-order chi connectivity index (χ0) is 21.5. The highest BCUT2D eigenvalue weighted by Gasteiger charge is 2.28. The van der Waals surface area contributed by atoms with Crippen molar-refractivity contribution >= 4 is 6.03 Å². The first-order valence-electron chi connectivity index (χ1n) is 10.4. The van der Waals surface area contributed by atoms with Crippen LogP contribution in [0.1, 0.15) is 36.0 Å². The van der Waals surface area contributed by atoms with Gasteiger partial charge >= 0.3 is 6.03 Å². The topological polar surface area (TPSA) is 80.5 Å². The van der Waals surface area contributed by atoms with Gasteiger partial charge in [-0.3, -0.25) is 0 Å². The molecule has 1 aromatic heterocycles. The molecule has 0 aliphatic carbocycles. The summed E-state index contributed by atoms with van der Waals surface area (Å²) in [5, 5.41) is 7.01. The second-order valence-corrected chi connectivity index (χ2v) is 7.53. The van der Waals surface area contributed by atoms with Crippen LogP contribution < -0.4 is 10.1 Å². The number of benzene rings is 2. The van der Waals surface area contributed by atoms with Crippen LogP contribution in [0, 0.1) is 5.82 Å². The molecule has 0 radical (unpaired) electrons. The second kappa shape index (κ2) is 10.1. The summed E-state index contributed by atoms with van der Waals surface area (Å²) in [6, 6.07) is 15.6. The van der Waals surface area contributed by atoms with Crippen LogP contribution in [0.25, 0.3) is 0 Å². The number of piperidine rings is 1. The number of halogens is 1. The van der Waals surface area contributed by atoms with E-state index in [0.717, 1.165) is 18.4 Å². The van der Waals surface area contributed by atoms with Crippen LogP contribution in [0.15, 0.2) is 59.1 Å². The molecule has 1 unspecified atom stereocenters. The molecule has 4 rings (SSSR count). The van der Waals surface area contributed by atoms with E-state index in [1.165, 1.54) is 12.1 Å². The lowest BCUT2D eigenvalue weighted by atomic mass is 9.98. The third-order valence-corrected chi connectivity index (χ3v) is 5.24. The average Bonchev–Trinajstić information content (AvgIpc) is 3.28. The Balaban J connectivity index is 1.26. The van der Waals surface area contributed by atoms with Crippen molar-refractivity contribution in [2.75, 3.05) is 19.7 Å². The molecule has 31 heavy (non-hydrogen) atoms. The zero-order valence-electron chi connectivity index (χ0n) is 17.2. The predicted molar refractivity (Wildman–Crippen MR) is 112 cm³/mol. The summed E-state index contributed by atoms with van der Waals surface area (Å²) in [5.74, 6) is 1.43. The summed E-state index contributed by atoms with van der Waals surface area (Å²) in [4.78, 5) is 18.9. The quantitative estimate of drug-likeness (QED) is 0.622. The Bertz CT molecular complexity index is 978. The van der Waals surface area contributed by atoms with E-state index in [-0.39, 0.29) is 17.8 Å². The van der Waals surface area contributed by atoms with E-state index in [2.05, 4.69) is 15.5 Å². The van der Waals surface area contributed by atoms with E-state index in [9.17, 15) is 9.18 Å². The van der Waals surface area contributed by atoms with Gasteiger partial charge in [-0.25, -0.2) is 9.18 Å². The molecule has 8 heteroatoms. The van der Waals surface area contributed by atoms with E-state index in [1.54, 1.807) is 17.0 Å². The maximum absolute atomic E-state index is 12.9. The van der Waals surface area contributed by atoms with Crippen LogP contribution in [-0.4, -0.2) is 40.8 Å². The average molecular weight is 424 g/mol. The molecule has 3 aromatic rings. The molecule has 0 spiro atoms. The Hall–Kier alpha value is -3.42. The van der Waals surface area contributed by atoms with Gasteiger partial charge in [0.15, 0.2) is 5.82 Å². The maximum Gasteiger partial charge on any atom is 0.317 e. The summed E-state index contributed by atoms with van der Waals surface area (Å²) >= 11 is 0. The molecule has 162 valence electrons. The highest BCUT2D eigenvalue weighted by atomic mass is 19.1. The van der Waals surface area contributed by atoms with Crippen molar-refractivity contribution in [3.63, 3.8) is 0 Å². The summed E-state index contributed by atoms with van der Waals surface area (Å²) in [7, 11) is 0. The largest absolute Gasteiger partial charge is 0.493 e. The van der Waals surface area contributed by atoms with Crippen molar-refractivity contribution in [3.05, 3.63) is 77.7 Å². The molecule has 1 saturated heterocycles. The van der Waals surface area contributed by atoms with E-state index >= 15 is 0 Å². The number of amides is 2. The Morgan fingerprint density at radius 3 is 2.81 bits per heavy atom. The molecule has 0 saturated carbocycles. The first-order chi connectivity index (χ1) is 15.2. The first-order valence-corrected chi connectivity index (χ1v) is 10.4. The number of rotatable bonds is 7. The number of likely N-dealkylation sites (tertiary alicyclic amines) is 1. The van der Waals surface area contributed by atoms with Crippen molar-refractivity contribution in [1.29, 1.82) is 0 Å². The fourth-order valence-corrected chi connectivity index (χ4v) is 3.57. The monoisotopic (exact) mass is 424 g/mol. The van der Waals surface area contributed by atoms with E-state index in [4.69, 9.17) is 9.26 Å². The fourth-order valence-electron chi connectivity index (χ4n) is 3.57. The van der Waals surface area contributed by atoms with Crippen LogP contribution in [0.3, 0.4) is 0 Å². The Morgan fingerprint density at radius 1 is 1.19 bits per heavy atom. The molecule has 1 atom stereocenters. The Labute approximate surface area is 180 Å². The highest BCUT2D eigenvalue weighted by Crippen LogP contribution is 2.26. The van der Waals surface area contributed by atoms with Gasteiger partial charge in [0.2, 0.25) is 5.89 Å². The van der Waals surface area contributed by atoms with Crippen molar-refractivity contribution in [1.82, 2.24) is 20.4 Å². The molecular formula is C23H25FN4O3. The molecule has 2 heterocycles. The van der Waals surface area contributed by atoms with Gasteiger partial charge in [0.1, 0.15) is 11.6 Å². The van der Waals surface area contributed by atoms with Gasteiger partial charge in [0, 0.05) is 26.1 Å². The molecule has 0 bridgehead atoms. The number of hydrogen-bond donors (Lipinski definition) is 1. The number of nitrogens with zero attached hydrogens (tertiary/aromatic N) is 3. The third-order valence-electron chi connectivity index (χ3n) is 5.24. The number of carbonyl (C=O) groups is 1. The lowest BCUT2D eigenvalue weighted by Gasteiger charge is -2.31. The van der Waals surface area contributed by atoms with Crippen LogP contribution in [0.5, 0.6) is 5.75 Å². The second-order valence-electron chi connectivity index (χ2n) is 7.53. The van der Waals surface area contributed by atoms with Crippen LogP contribution in [0.2, 0.25) is 0 Å². The number of ether oxygens (including phenoxy) is 1. The number of hydrogen-bond acceptors (Lipinski definition) is 5. The van der Waals surface area contributed by atoms with Gasteiger partial charge < -0.3 is 19.5 Å². The van der Waals surface area contributed by atoms with E-state index in [1.807, 2.05) is 30.3 Å². The number of carbonyl (C=O) groups excluding carboxylic acids is 1. The number of urea groups is 1. The SMILES string of the molecule is O=C(NCc1ccccc1)N1CCCC(c2nc(CCOc3ccc(F)cc3)no2)C1. The van der Waals surface area contributed by atoms with Crippen LogP contribution >= 0.6 is 0 Å². The number of nitrogens with one attached hydrogen (secondary N) is 1. The molecule has 1 aliphatic rings. The molecule has 2 aromatic carbocycles. The highest BCUT2D eigenvalue weighted by molar-refractivity contribution is 5.74. The van der Waals surface area contributed by atoms with Gasteiger partial charge in [0.05, 0.1) is 12.5 Å². The molecule has 7 nitrogen and oxygen atoms in total. The van der Waals surface area contributed by atoms with E-state index < -0.39 is 0 Å². The maximum atomic E-state index is 12.9. The van der Waals surface area contributed by atoms with Gasteiger partial charge in [0.25, 0.3) is 0 Å². The lowest BCUT2D eigenvalue weighted by molar-refractivity contribution is 0.171. The van der Waals surface area contributed by atoms with Gasteiger partial charge in [-0.05, 0) is 42.7 Å². The van der Waals surface area contributed by atoms with Crippen molar-refractivity contribution in [2.24, 2.45) is 0 Å². The van der Waals surface area contributed by atoms with Crippen LogP contribution in [-0.2, 0) is 13.0 Å². The summed E-state index contributed by atoms with van der Waals surface area (Å²) in [6.07, 6.45) is 2.26. The minimum Gasteiger partial charge on any atom is -0.493 e. The smallest absolute Gasteiger partial charge is 0.317 e. The van der Waals surface area contributed by atoms with Gasteiger partial charge in [-0.2, -0.15) is 4.98 Å². The summed E-state index contributed by atoms with van der Waals surface area (Å²) < 4.78 is 24.0. The minimum absolute atomic E-state index is 0.0236. The predicted octanol–water partition coefficient (Wildman–Crippen LogP) is 3.92. The zero-order valence-corrected chi connectivity index (χ0v) is 17.2. The fraction of sp³-hybridized carbons (Fsp3) is 0.348. The third kappa shape index (κ3) is 5.81. The Morgan fingerprint density at radius 2 is 2.00 bits per heavy atom. The molecule has 1 aliphatic heterocycles. The minimum atomic E-state index is -0.301. The van der Waals surface area contributed by atoms with Crippen molar-refractivity contribution < 1.29 is 18.4 Å². The van der Waals surface area contributed by atoms with Crippen molar-refractivity contribution in [2.45, 2.75) is 31.7 Å². The van der Waals surface area contributed by atoms with E-state index in [0.29, 0.717) is 50.1 Å². The molecule has 2 amide bonds.